The number of hydrogen-bond acceptors (Lipinski definition) is 6. The number of aromatic hydroxyl groups is 1. The highest BCUT2D eigenvalue weighted by molar-refractivity contribution is 5.84. The minimum absolute atomic E-state index is 0.00271. The molecule has 2 bridgehead atoms. The zero-order valence-electron chi connectivity index (χ0n) is 22.0. The van der Waals surface area contributed by atoms with Gasteiger partial charge in [0.25, 0.3) is 0 Å². The SMILES string of the molecule is CN(C)C(=O)CCC(=O)N1CCC[C@]12CC[C@@]1(O)[C@H]3Cc4ccc(O)c5c4[C@@]1(CCN3CC1CC1)[C@H]2O5. The maximum atomic E-state index is 13.6. The van der Waals surface area contributed by atoms with Crippen LogP contribution < -0.4 is 4.74 Å². The molecule has 3 aliphatic heterocycles. The molecule has 2 N–H and O–H groups in total. The van der Waals surface area contributed by atoms with E-state index in [9.17, 15) is 19.8 Å². The molecule has 7 rings (SSSR count). The molecule has 0 aromatic heterocycles. The summed E-state index contributed by atoms with van der Waals surface area (Å²) in [5.74, 6) is 1.35. The smallest absolute Gasteiger partial charge is 0.223 e. The topological polar surface area (TPSA) is 93.6 Å². The van der Waals surface area contributed by atoms with Crippen molar-refractivity contribution in [1.82, 2.24) is 14.7 Å². The Bertz CT molecular complexity index is 1170. The lowest BCUT2D eigenvalue weighted by Gasteiger charge is -2.67. The molecule has 0 unspecified atom stereocenters. The molecule has 6 aliphatic rings. The van der Waals surface area contributed by atoms with Crippen molar-refractivity contribution < 1.29 is 24.5 Å². The van der Waals surface area contributed by atoms with E-state index in [-0.39, 0.29) is 36.4 Å². The Morgan fingerprint density at radius 3 is 2.68 bits per heavy atom. The Hall–Kier alpha value is -2.32. The fourth-order valence-corrected chi connectivity index (χ4v) is 8.96. The Morgan fingerprint density at radius 1 is 1.11 bits per heavy atom. The molecule has 2 amide bonds. The van der Waals surface area contributed by atoms with Crippen molar-refractivity contribution in [3.63, 3.8) is 0 Å². The fraction of sp³-hybridized carbons (Fsp3) is 0.724. The molecule has 2 saturated carbocycles. The van der Waals surface area contributed by atoms with E-state index in [0.717, 1.165) is 50.3 Å². The summed E-state index contributed by atoms with van der Waals surface area (Å²) in [6.45, 7) is 2.60. The van der Waals surface area contributed by atoms with Gasteiger partial charge in [0.15, 0.2) is 11.5 Å². The second-order valence-corrected chi connectivity index (χ2v) is 12.8. The second-order valence-electron chi connectivity index (χ2n) is 12.8. The molecule has 200 valence electrons. The van der Waals surface area contributed by atoms with Crippen LogP contribution in [-0.4, -0.2) is 93.7 Å². The fourth-order valence-electron chi connectivity index (χ4n) is 8.96. The molecule has 37 heavy (non-hydrogen) atoms. The van der Waals surface area contributed by atoms with Crippen molar-refractivity contribution in [2.75, 3.05) is 33.7 Å². The van der Waals surface area contributed by atoms with E-state index >= 15 is 0 Å². The highest BCUT2D eigenvalue weighted by Gasteiger charge is 2.77. The lowest BCUT2D eigenvalue weighted by Crippen LogP contribution is -2.80. The van der Waals surface area contributed by atoms with E-state index in [1.54, 1.807) is 20.2 Å². The third kappa shape index (κ3) is 3.03. The van der Waals surface area contributed by atoms with Crippen LogP contribution in [0.25, 0.3) is 0 Å². The molecule has 2 saturated heterocycles. The number of aliphatic hydroxyl groups is 1. The largest absolute Gasteiger partial charge is 0.504 e. The number of fused-ring (bicyclic) bond motifs is 1. The average Bonchev–Trinajstić information content (AvgIpc) is 3.46. The normalized spacial score (nSPS) is 37.4. The van der Waals surface area contributed by atoms with Gasteiger partial charge in [-0.2, -0.15) is 0 Å². The minimum atomic E-state index is -0.958. The number of ether oxygens (including phenoxy) is 1. The standard InChI is InChI=1S/C29H39N3O5/c1-30(2)22(34)8-9-23(35)32-14-3-10-27(32)11-12-29(36)21-16-19-6-7-20(33)25-24(19)28(29,26(27)37-25)13-15-31(21)17-18-4-5-18/h6-7,18,21,26,33,36H,3-5,8-17H2,1-2H3/t21-,26+,27-,28+,29-/m1/s1. The van der Waals surface area contributed by atoms with Crippen LogP contribution in [0.4, 0.5) is 0 Å². The zero-order valence-corrected chi connectivity index (χ0v) is 22.0. The monoisotopic (exact) mass is 509 g/mol. The van der Waals surface area contributed by atoms with Gasteiger partial charge in [-0.15, -0.1) is 0 Å². The van der Waals surface area contributed by atoms with Crippen molar-refractivity contribution in [1.29, 1.82) is 0 Å². The summed E-state index contributed by atoms with van der Waals surface area (Å²) < 4.78 is 6.79. The Morgan fingerprint density at radius 2 is 1.92 bits per heavy atom. The van der Waals surface area contributed by atoms with Gasteiger partial charge in [0.2, 0.25) is 11.8 Å². The predicted octanol–water partition coefficient (Wildman–Crippen LogP) is 2.19. The number of nitrogens with zero attached hydrogens (tertiary/aromatic N) is 3. The van der Waals surface area contributed by atoms with E-state index < -0.39 is 22.7 Å². The molecule has 1 aromatic carbocycles. The number of phenols is 1. The van der Waals surface area contributed by atoms with Crippen LogP contribution in [0.1, 0.15) is 68.9 Å². The van der Waals surface area contributed by atoms with Gasteiger partial charge in [0, 0.05) is 51.6 Å². The third-order valence-corrected chi connectivity index (χ3v) is 10.8. The summed E-state index contributed by atoms with van der Waals surface area (Å²) in [7, 11) is 3.43. The summed E-state index contributed by atoms with van der Waals surface area (Å²) in [4.78, 5) is 32.0. The van der Waals surface area contributed by atoms with Gasteiger partial charge in [0.05, 0.1) is 16.6 Å². The number of amides is 2. The molecule has 4 fully saturated rings. The number of likely N-dealkylation sites (tertiary alicyclic amines) is 2. The van der Waals surface area contributed by atoms with E-state index in [1.165, 1.54) is 23.3 Å². The van der Waals surface area contributed by atoms with Crippen molar-refractivity contribution in [2.24, 2.45) is 5.92 Å². The zero-order chi connectivity index (χ0) is 25.7. The van der Waals surface area contributed by atoms with Gasteiger partial charge in [-0.05, 0) is 75.5 Å². The number of hydrogen-bond donors (Lipinski definition) is 2. The van der Waals surface area contributed by atoms with Crippen LogP contribution in [0, 0.1) is 5.92 Å². The summed E-state index contributed by atoms with van der Waals surface area (Å²) >= 11 is 0. The molecular formula is C29H39N3O5. The third-order valence-electron chi connectivity index (χ3n) is 10.8. The number of carbonyl (C=O) groups is 2. The lowest BCUT2D eigenvalue weighted by molar-refractivity contribution is -0.217. The van der Waals surface area contributed by atoms with Crippen LogP contribution in [-0.2, 0) is 21.4 Å². The Balaban J connectivity index is 1.30. The first kappa shape index (κ1) is 23.8. The van der Waals surface area contributed by atoms with Crippen LogP contribution in [0.3, 0.4) is 0 Å². The van der Waals surface area contributed by atoms with Crippen LogP contribution in [0.15, 0.2) is 12.1 Å². The Labute approximate surface area is 218 Å². The van der Waals surface area contributed by atoms with E-state index in [4.69, 9.17) is 4.74 Å². The second kappa shape index (κ2) is 7.85. The molecule has 3 heterocycles. The number of benzene rings is 1. The van der Waals surface area contributed by atoms with Gasteiger partial charge < -0.3 is 24.7 Å². The maximum absolute atomic E-state index is 13.6. The van der Waals surface area contributed by atoms with Crippen molar-refractivity contribution in [3.8, 4) is 11.5 Å². The highest BCUT2D eigenvalue weighted by atomic mass is 16.5. The van der Waals surface area contributed by atoms with Gasteiger partial charge in [-0.3, -0.25) is 14.5 Å². The number of piperidine rings is 1. The summed E-state index contributed by atoms with van der Waals surface area (Å²) in [5.41, 5.74) is 0.0482. The first-order valence-electron chi connectivity index (χ1n) is 14.2. The Kier molecular flexibility index (Phi) is 5.05. The summed E-state index contributed by atoms with van der Waals surface area (Å²) in [5, 5.41) is 23.7. The highest BCUT2D eigenvalue weighted by Crippen LogP contribution is 2.69. The first-order valence-corrected chi connectivity index (χ1v) is 14.2. The van der Waals surface area contributed by atoms with E-state index in [2.05, 4.69) is 4.90 Å². The van der Waals surface area contributed by atoms with E-state index in [0.29, 0.717) is 25.1 Å². The molecule has 2 spiro atoms. The van der Waals surface area contributed by atoms with Gasteiger partial charge >= 0.3 is 0 Å². The van der Waals surface area contributed by atoms with E-state index in [1.807, 2.05) is 11.0 Å². The van der Waals surface area contributed by atoms with Crippen molar-refractivity contribution in [3.05, 3.63) is 23.3 Å². The van der Waals surface area contributed by atoms with Crippen LogP contribution >= 0.6 is 0 Å². The lowest BCUT2D eigenvalue weighted by atomic mass is 9.45. The molecular weight excluding hydrogens is 470 g/mol. The molecule has 5 atom stereocenters. The summed E-state index contributed by atoms with van der Waals surface area (Å²) in [6.07, 6.45) is 7.09. The van der Waals surface area contributed by atoms with Gasteiger partial charge in [-0.1, -0.05) is 6.07 Å². The first-order chi connectivity index (χ1) is 17.7. The van der Waals surface area contributed by atoms with Gasteiger partial charge in [-0.25, -0.2) is 0 Å². The van der Waals surface area contributed by atoms with Crippen molar-refractivity contribution >= 4 is 11.8 Å². The molecule has 8 heteroatoms. The average molecular weight is 510 g/mol. The predicted molar refractivity (Wildman–Crippen MR) is 136 cm³/mol. The number of phenolic OH excluding ortho intramolecular Hbond substituents is 1. The minimum Gasteiger partial charge on any atom is -0.504 e. The van der Waals surface area contributed by atoms with Gasteiger partial charge in [0.1, 0.15) is 6.10 Å². The number of rotatable bonds is 5. The summed E-state index contributed by atoms with van der Waals surface area (Å²) in [6, 6.07) is 3.79. The molecule has 8 nitrogen and oxygen atoms in total. The van der Waals surface area contributed by atoms with Crippen molar-refractivity contribution in [2.45, 2.75) is 92.9 Å². The maximum Gasteiger partial charge on any atom is 0.223 e. The molecule has 0 radical (unpaired) electrons. The molecule has 3 aliphatic carbocycles. The molecule has 1 aromatic rings. The van der Waals surface area contributed by atoms with Crippen LogP contribution in [0.2, 0.25) is 0 Å². The van der Waals surface area contributed by atoms with Crippen LogP contribution in [0.5, 0.6) is 11.5 Å². The quantitative estimate of drug-likeness (QED) is 0.632. The number of carbonyl (C=O) groups excluding carboxylic acids is 2.